The first-order valence-electron chi connectivity index (χ1n) is 5.82. The molecule has 6 nitrogen and oxygen atoms in total. The van der Waals surface area contributed by atoms with Crippen molar-refractivity contribution in [2.75, 3.05) is 19.8 Å². The average Bonchev–Trinajstić information content (AvgIpc) is 2.86. The molecule has 2 aliphatic heterocycles. The minimum absolute atomic E-state index is 0.179. The summed E-state index contributed by atoms with van der Waals surface area (Å²) in [5.41, 5.74) is 3.83. The Hall–Kier alpha value is -1.14. The Morgan fingerprint density at radius 3 is 2.65 bits per heavy atom. The molecule has 2 heterocycles. The third-order valence-corrected chi connectivity index (χ3v) is 3.82. The third kappa shape index (κ3) is 1.81. The number of carbonyl (C=O) groups excluding carboxylic acids is 1. The highest BCUT2D eigenvalue weighted by atomic mass is 16.5. The van der Waals surface area contributed by atoms with E-state index in [1.807, 2.05) is 0 Å². The fourth-order valence-electron chi connectivity index (χ4n) is 2.53. The first-order chi connectivity index (χ1) is 7.90. The molecular weight excluding hydrogens is 224 g/mol. The van der Waals surface area contributed by atoms with Gasteiger partial charge in [-0.05, 0) is 26.2 Å². The lowest BCUT2D eigenvalue weighted by atomic mass is 9.93. The highest BCUT2D eigenvalue weighted by molar-refractivity contribution is 5.92. The molecule has 0 bridgehead atoms. The summed E-state index contributed by atoms with van der Waals surface area (Å²) < 4.78 is 5.15. The van der Waals surface area contributed by atoms with Crippen molar-refractivity contribution >= 4 is 11.9 Å². The van der Waals surface area contributed by atoms with E-state index in [9.17, 15) is 14.7 Å². The minimum Gasteiger partial charge on any atom is -0.480 e. The fourth-order valence-corrected chi connectivity index (χ4v) is 2.53. The number of ether oxygens (including phenoxy) is 1. The minimum atomic E-state index is -1.12. The number of nitrogens with two attached hydrogens (primary N) is 1. The maximum Gasteiger partial charge on any atom is 0.329 e. The maximum absolute atomic E-state index is 12.3. The molecule has 0 spiro atoms. The van der Waals surface area contributed by atoms with Crippen molar-refractivity contribution < 1.29 is 19.4 Å². The van der Waals surface area contributed by atoms with Gasteiger partial charge in [-0.2, -0.15) is 0 Å². The smallest absolute Gasteiger partial charge is 0.329 e. The Morgan fingerprint density at radius 1 is 1.41 bits per heavy atom. The van der Waals surface area contributed by atoms with Crippen molar-refractivity contribution in [2.24, 2.45) is 5.73 Å². The number of carbonyl (C=O) groups is 2. The normalized spacial score (nSPS) is 37.4. The predicted octanol–water partition coefficient (Wildman–Crippen LogP) is -0.430. The summed E-state index contributed by atoms with van der Waals surface area (Å²) in [4.78, 5) is 25.0. The van der Waals surface area contributed by atoms with Crippen LogP contribution in [0.3, 0.4) is 0 Å². The average molecular weight is 242 g/mol. The van der Waals surface area contributed by atoms with E-state index in [1.54, 1.807) is 6.92 Å². The molecule has 2 aliphatic rings. The lowest BCUT2D eigenvalue weighted by Crippen LogP contribution is -2.61. The number of amides is 1. The van der Waals surface area contributed by atoms with Crippen LogP contribution in [0.5, 0.6) is 0 Å². The van der Waals surface area contributed by atoms with Gasteiger partial charge in [0.05, 0.1) is 6.61 Å². The Labute approximate surface area is 99.7 Å². The second kappa shape index (κ2) is 3.96. The Morgan fingerprint density at radius 2 is 2.12 bits per heavy atom. The molecule has 2 atom stereocenters. The van der Waals surface area contributed by atoms with Gasteiger partial charge >= 0.3 is 5.97 Å². The zero-order valence-corrected chi connectivity index (χ0v) is 9.94. The van der Waals surface area contributed by atoms with E-state index in [0.29, 0.717) is 32.4 Å². The molecule has 6 heteroatoms. The summed E-state index contributed by atoms with van der Waals surface area (Å²) in [6.45, 7) is 2.68. The summed E-state index contributed by atoms with van der Waals surface area (Å²) >= 11 is 0. The maximum atomic E-state index is 12.3. The first-order valence-corrected chi connectivity index (χ1v) is 5.82. The molecule has 0 saturated carbocycles. The van der Waals surface area contributed by atoms with Gasteiger partial charge in [0.1, 0.15) is 11.1 Å². The highest BCUT2D eigenvalue weighted by Gasteiger charge is 2.51. The summed E-state index contributed by atoms with van der Waals surface area (Å²) in [6, 6.07) is 0. The molecule has 0 aromatic carbocycles. The second-order valence-corrected chi connectivity index (χ2v) is 5.10. The number of carboxylic acids is 1. The molecule has 0 aliphatic carbocycles. The van der Waals surface area contributed by atoms with Crippen LogP contribution in [0.2, 0.25) is 0 Å². The Bertz CT molecular complexity index is 351. The summed E-state index contributed by atoms with van der Waals surface area (Å²) in [6.07, 6.45) is 1.63. The molecule has 17 heavy (non-hydrogen) atoms. The molecule has 1 amide bonds. The molecule has 2 unspecified atom stereocenters. The van der Waals surface area contributed by atoms with Gasteiger partial charge < -0.3 is 20.5 Å². The summed E-state index contributed by atoms with van der Waals surface area (Å²) in [5.74, 6) is -1.26. The van der Waals surface area contributed by atoms with Crippen LogP contribution >= 0.6 is 0 Å². The molecule has 2 rings (SSSR count). The van der Waals surface area contributed by atoms with Crippen molar-refractivity contribution in [1.82, 2.24) is 4.90 Å². The van der Waals surface area contributed by atoms with Crippen LogP contribution in [-0.4, -0.2) is 52.7 Å². The zero-order chi connectivity index (χ0) is 12.7. The molecule has 2 saturated heterocycles. The number of rotatable bonds is 2. The van der Waals surface area contributed by atoms with Crippen LogP contribution in [0.1, 0.15) is 26.2 Å². The summed E-state index contributed by atoms with van der Waals surface area (Å²) in [7, 11) is 0. The number of aliphatic carboxylic acids is 1. The lowest BCUT2D eigenvalue weighted by molar-refractivity contribution is -0.157. The Kier molecular flexibility index (Phi) is 2.87. The van der Waals surface area contributed by atoms with Crippen LogP contribution in [0.25, 0.3) is 0 Å². The molecule has 3 N–H and O–H groups in total. The second-order valence-electron chi connectivity index (χ2n) is 5.10. The van der Waals surface area contributed by atoms with Crippen molar-refractivity contribution in [3.63, 3.8) is 0 Å². The fraction of sp³-hybridized carbons (Fsp3) is 0.818. The third-order valence-electron chi connectivity index (χ3n) is 3.82. The van der Waals surface area contributed by atoms with Crippen molar-refractivity contribution in [3.8, 4) is 0 Å². The van der Waals surface area contributed by atoms with Gasteiger partial charge in [0.2, 0.25) is 5.91 Å². The van der Waals surface area contributed by atoms with Crippen LogP contribution < -0.4 is 5.73 Å². The highest BCUT2D eigenvalue weighted by Crippen LogP contribution is 2.32. The largest absolute Gasteiger partial charge is 0.480 e. The molecule has 96 valence electrons. The van der Waals surface area contributed by atoms with E-state index in [0.717, 1.165) is 0 Å². The van der Waals surface area contributed by atoms with Crippen LogP contribution in [0, 0.1) is 0 Å². The number of likely N-dealkylation sites (tertiary alicyclic amines) is 1. The molecule has 0 aromatic rings. The standard InChI is InChI=1S/C11H18N2O4/c1-10(9(15)16)3-2-5-13(10)8(14)11(12)4-6-17-7-11/h2-7,12H2,1H3,(H,15,16). The van der Waals surface area contributed by atoms with E-state index in [-0.39, 0.29) is 12.5 Å². The molecule has 0 radical (unpaired) electrons. The predicted molar refractivity (Wildman–Crippen MR) is 59.3 cm³/mol. The van der Waals surface area contributed by atoms with E-state index >= 15 is 0 Å². The number of carboxylic acid groups (broad SMARTS) is 1. The van der Waals surface area contributed by atoms with Crippen molar-refractivity contribution in [3.05, 3.63) is 0 Å². The first kappa shape index (κ1) is 12.3. The lowest BCUT2D eigenvalue weighted by Gasteiger charge is -2.36. The van der Waals surface area contributed by atoms with Crippen LogP contribution in [0.4, 0.5) is 0 Å². The molecular formula is C11H18N2O4. The van der Waals surface area contributed by atoms with Crippen LogP contribution in [0.15, 0.2) is 0 Å². The van der Waals surface area contributed by atoms with Gasteiger partial charge in [0, 0.05) is 13.2 Å². The van der Waals surface area contributed by atoms with E-state index in [4.69, 9.17) is 10.5 Å². The van der Waals surface area contributed by atoms with Gasteiger partial charge in [-0.1, -0.05) is 0 Å². The quantitative estimate of drug-likeness (QED) is 0.685. The van der Waals surface area contributed by atoms with Gasteiger partial charge in [-0.15, -0.1) is 0 Å². The van der Waals surface area contributed by atoms with E-state index in [1.165, 1.54) is 4.90 Å². The zero-order valence-electron chi connectivity index (χ0n) is 9.94. The van der Waals surface area contributed by atoms with Gasteiger partial charge in [-0.3, -0.25) is 4.79 Å². The van der Waals surface area contributed by atoms with Gasteiger partial charge in [0.25, 0.3) is 0 Å². The molecule has 2 fully saturated rings. The van der Waals surface area contributed by atoms with Gasteiger partial charge in [-0.25, -0.2) is 4.79 Å². The number of hydrogen-bond donors (Lipinski definition) is 2. The van der Waals surface area contributed by atoms with Crippen molar-refractivity contribution in [1.29, 1.82) is 0 Å². The van der Waals surface area contributed by atoms with E-state index < -0.39 is 17.0 Å². The van der Waals surface area contributed by atoms with Crippen LogP contribution in [-0.2, 0) is 14.3 Å². The van der Waals surface area contributed by atoms with E-state index in [2.05, 4.69) is 0 Å². The number of nitrogens with zero attached hydrogens (tertiary/aromatic N) is 1. The molecule has 0 aromatic heterocycles. The Balaban J connectivity index is 2.22. The van der Waals surface area contributed by atoms with Gasteiger partial charge in [0.15, 0.2) is 0 Å². The SMILES string of the molecule is CC1(C(=O)O)CCCN1C(=O)C1(N)CCOC1. The topological polar surface area (TPSA) is 92.9 Å². The monoisotopic (exact) mass is 242 g/mol. The number of hydrogen-bond acceptors (Lipinski definition) is 4. The summed E-state index contributed by atoms with van der Waals surface area (Å²) in [5, 5.41) is 9.25. The van der Waals surface area contributed by atoms with Crippen molar-refractivity contribution in [2.45, 2.75) is 37.3 Å².